The maximum absolute atomic E-state index is 12.9. The van der Waals surface area contributed by atoms with Crippen LogP contribution in [0, 0.1) is 0 Å². The van der Waals surface area contributed by atoms with Crippen molar-refractivity contribution in [2.24, 2.45) is 0 Å². The second-order valence-corrected chi connectivity index (χ2v) is 9.81. The van der Waals surface area contributed by atoms with Gasteiger partial charge in [-0.15, -0.1) is 0 Å². The number of carbonyl (C=O) groups excluding carboxylic acids is 4. The zero-order valence-electron chi connectivity index (χ0n) is 22.5. The predicted octanol–water partition coefficient (Wildman–Crippen LogP) is 1.80. The first-order valence-corrected chi connectivity index (χ1v) is 13.4. The Labute approximate surface area is 236 Å². The predicted molar refractivity (Wildman–Crippen MR) is 148 cm³/mol. The maximum Gasteiger partial charge on any atom is 0.263 e. The molecule has 4 amide bonds. The van der Waals surface area contributed by atoms with E-state index in [1.54, 1.807) is 24.3 Å². The van der Waals surface area contributed by atoms with E-state index in [1.165, 1.54) is 28.8 Å². The molecule has 1 saturated heterocycles. The van der Waals surface area contributed by atoms with Crippen LogP contribution in [0.4, 0.5) is 0 Å². The van der Waals surface area contributed by atoms with Crippen molar-refractivity contribution in [2.45, 2.75) is 31.7 Å². The fraction of sp³-hybridized carbons (Fsp3) is 0.300. The van der Waals surface area contributed by atoms with Crippen molar-refractivity contribution in [3.63, 3.8) is 0 Å². The van der Waals surface area contributed by atoms with Crippen LogP contribution in [0.1, 0.15) is 59.8 Å². The van der Waals surface area contributed by atoms with E-state index < -0.39 is 29.7 Å². The summed E-state index contributed by atoms with van der Waals surface area (Å²) in [6.07, 6.45) is 1.92. The Morgan fingerprint density at radius 2 is 1.54 bits per heavy atom. The lowest BCUT2D eigenvalue weighted by molar-refractivity contribution is -0.199. The number of nitrogens with zero attached hydrogens (tertiary/aromatic N) is 2. The molecule has 41 heavy (non-hydrogen) atoms. The highest BCUT2D eigenvalue weighted by atomic mass is 16.7. The maximum atomic E-state index is 12.9. The number of fused-ring (bicyclic) bond motifs is 1. The molecule has 0 atom stereocenters. The van der Waals surface area contributed by atoms with Crippen LogP contribution in [0.5, 0.6) is 0 Å². The first-order chi connectivity index (χ1) is 19.9. The molecule has 0 bridgehead atoms. The molecule has 5 rings (SSSR count). The molecule has 11 nitrogen and oxygen atoms in total. The Kier molecular flexibility index (Phi) is 8.37. The van der Waals surface area contributed by atoms with Crippen LogP contribution in [-0.2, 0) is 16.0 Å². The molecule has 2 N–H and O–H groups in total. The molecule has 0 spiro atoms. The van der Waals surface area contributed by atoms with Gasteiger partial charge in [0.1, 0.15) is 5.56 Å². The van der Waals surface area contributed by atoms with Crippen molar-refractivity contribution in [1.82, 2.24) is 20.1 Å². The Balaban J connectivity index is 1.13. The summed E-state index contributed by atoms with van der Waals surface area (Å²) in [5.41, 5.74) is 1.20. The fourth-order valence-corrected chi connectivity index (χ4v) is 4.92. The lowest BCUT2D eigenvalue weighted by atomic mass is 10.1. The Hall–Kier alpha value is -4.61. The zero-order chi connectivity index (χ0) is 28.9. The molecule has 2 aliphatic rings. The number of benzene rings is 2. The summed E-state index contributed by atoms with van der Waals surface area (Å²) < 4.78 is 12.9. The minimum atomic E-state index is -0.572. The van der Waals surface area contributed by atoms with Crippen molar-refractivity contribution in [3.05, 3.63) is 105 Å². The topological polar surface area (TPSA) is 136 Å². The SMILES string of the molecule is CNC(=O)c1cc(C(=O)NCCC[C@H]2OC[C@H](N3C(=O)c4ccccc4C3=O)CO2)cn(Cc2ccccc2)c1=O. The highest BCUT2D eigenvalue weighted by molar-refractivity contribution is 6.21. The molecule has 1 aromatic heterocycles. The molecule has 1 fully saturated rings. The number of amides is 4. The molecular formula is C30H30N4O7. The van der Waals surface area contributed by atoms with Gasteiger partial charge in [-0.1, -0.05) is 42.5 Å². The van der Waals surface area contributed by atoms with E-state index in [0.29, 0.717) is 30.5 Å². The van der Waals surface area contributed by atoms with Gasteiger partial charge in [-0.05, 0) is 30.2 Å². The molecule has 3 aromatic rings. The average molecular weight is 559 g/mol. The van der Waals surface area contributed by atoms with Gasteiger partial charge >= 0.3 is 0 Å². The van der Waals surface area contributed by atoms with Gasteiger partial charge < -0.3 is 24.7 Å². The highest BCUT2D eigenvalue weighted by Crippen LogP contribution is 2.26. The van der Waals surface area contributed by atoms with Gasteiger partial charge in [0.15, 0.2) is 6.29 Å². The quantitative estimate of drug-likeness (QED) is 0.302. The molecule has 0 saturated carbocycles. The second kappa shape index (κ2) is 12.3. The van der Waals surface area contributed by atoms with Crippen molar-refractivity contribution in [2.75, 3.05) is 26.8 Å². The lowest BCUT2D eigenvalue weighted by Crippen LogP contribution is -2.49. The van der Waals surface area contributed by atoms with Crippen LogP contribution in [0.15, 0.2) is 71.7 Å². The van der Waals surface area contributed by atoms with E-state index in [9.17, 15) is 24.0 Å². The van der Waals surface area contributed by atoms with Crippen LogP contribution >= 0.6 is 0 Å². The number of carbonyl (C=O) groups is 4. The third kappa shape index (κ3) is 5.96. The van der Waals surface area contributed by atoms with Gasteiger partial charge in [0.2, 0.25) is 0 Å². The fourth-order valence-electron chi connectivity index (χ4n) is 4.92. The summed E-state index contributed by atoms with van der Waals surface area (Å²) >= 11 is 0. The molecule has 0 aliphatic carbocycles. The highest BCUT2D eigenvalue weighted by Gasteiger charge is 2.41. The van der Waals surface area contributed by atoms with Crippen molar-refractivity contribution < 1.29 is 28.7 Å². The van der Waals surface area contributed by atoms with Crippen molar-refractivity contribution in [3.8, 4) is 0 Å². The van der Waals surface area contributed by atoms with Crippen LogP contribution in [-0.4, -0.2) is 72.2 Å². The average Bonchev–Trinajstić information content (AvgIpc) is 3.26. The van der Waals surface area contributed by atoms with Gasteiger partial charge in [0.05, 0.1) is 42.5 Å². The van der Waals surface area contributed by atoms with E-state index in [0.717, 1.165) is 5.56 Å². The largest absolute Gasteiger partial charge is 0.355 e. The van der Waals surface area contributed by atoms with Crippen LogP contribution < -0.4 is 16.2 Å². The number of pyridine rings is 1. The second-order valence-electron chi connectivity index (χ2n) is 9.81. The number of hydrogen-bond acceptors (Lipinski definition) is 7. The van der Waals surface area contributed by atoms with Gasteiger partial charge in [-0.25, -0.2) is 0 Å². The molecule has 0 unspecified atom stereocenters. The van der Waals surface area contributed by atoms with Crippen molar-refractivity contribution in [1.29, 1.82) is 0 Å². The monoisotopic (exact) mass is 558 g/mol. The summed E-state index contributed by atoms with van der Waals surface area (Å²) in [6, 6.07) is 16.8. The molecule has 11 heteroatoms. The van der Waals surface area contributed by atoms with E-state index in [4.69, 9.17) is 9.47 Å². The smallest absolute Gasteiger partial charge is 0.263 e. The van der Waals surface area contributed by atoms with E-state index in [-0.39, 0.29) is 42.7 Å². The van der Waals surface area contributed by atoms with E-state index in [2.05, 4.69) is 10.6 Å². The summed E-state index contributed by atoms with van der Waals surface area (Å²) in [7, 11) is 1.42. The molecule has 3 heterocycles. The first-order valence-electron chi connectivity index (χ1n) is 13.4. The molecule has 2 aliphatic heterocycles. The standard InChI is InChI=1S/C30H30N4O7/c1-31-27(36)24-14-20(16-33(28(24)37)15-19-8-3-2-4-9-19)26(35)32-13-7-12-25-40-17-21(18-41-25)34-29(38)22-10-5-6-11-23(22)30(34)39/h2-6,8-11,14,16,21,25H,7,12-13,15,17-18H2,1H3,(H,31,36)(H,32,35)/t21-,25-. The number of ether oxygens (including phenoxy) is 2. The summed E-state index contributed by atoms with van der Waals surface area (Å²) in [5, 5.41) is 5.26. The van der Waals surface area contributed by atoms with Crippen LogP contribution in [0.25, 0.3) is 0 Å². The number of hydrogen-bond donors (Lipinski definition) is 2. The molecular weight excluding hydrogens is 528 g/mol. The van der Waals surface area contributed by atoms with Gasteiger partial charge in [-0.2, -0.15) is 0 Å². The normalized spacial score (nSPS) is 18.2. The van der Waals surface area contributed by atoms with Gasteiger partial charge in [0, 0.05) is 26.2 Å². The lowest BCUT2D eigenvalue weighted by Gasteiger charge is -2.33. The van der Waals surface area contributed by atoms with Crippen LogP contribution in [0.2, 0.25) is 0 Å². The summed E-state index contributed by atoms with van der Waals surface area (Å²) in [5.74, 6) is -1.69. The number of nitrogens with one attached hydrogen (secondary N) is 2. The number of aromatic nitrogens is 1. The minimum absolute atomic E-state index is 0.118. The number of imide groups is 1. The minimum Gasteiger partial charge on any atom is -0.355 e. The Bertz CT molecular complexity index is 1490. The van der Waals surface area contributed by atoms with E-state index >= 15 is 0 Å². The zero-order valence-corrected chi connectivity index (χ0v) is 22.5. The van der Waals surface area contributed by atoms with Gasteiger partial charge in [0.25, 0.3) is 29.2 Å². The summed E-state index contributed by atoms with van der Waals surface area (Å²) in [4.78, 5) is 64.7. The van der Waals surface area contributed by atoms with E-state index in [1.807, 2.05) is 30.3 Å². The number of rotatable bonds is 9. The Morgan fingerprint density at radius 1 is 0.902 bits per heavy atom. The van der Waals surface area contributed by atoms with Crippen molar-refractivity contribution >= 4 is 23.6 Å². The first kappa shape index (κ1) is 27.9. The molecule has 2 aromatic carbocycles. The molecule has 0 radical (unpaired) electrons. The molecule has 212 valence electrons. The third-order valence-corrected chi connectivity index (χ3v) is 7.06. The summed E-state index contributed by atoms with van der Waals surface area (Å²) in [6.45, 7) is 0.835. The Morgan fingerprint density at radius 3 is 2.17 bits per heavy atom. The van der Waals surface area contributed by atoms with Gasteiger partial charge in [-0.3, -0.25) is 28.9 Å². The van der Waals surface area contributed by atoms with Crippen LogP contribution in [0.3, 0.4) is 0 Å². The third-order valence-electron chi connectivity index (χ3n) is 7.06.